The van der Waals surface area contributed by atoms with E-state index in [4.69, 9.17) is 0 Å². The fraction of sp³-hybridized carbons (Fsp3) is 0. The Bertz CT molecular complexity index is 872. The van der Waals surface area contributed by atoms with E-state index in [-0.39, 0.29) is 16.3 Å². The molecule has 3 aromatic carbocycles. The zero-order valence-corrected chi connectivity index (χ0v) is 10.7. The predicted molar refractivity (Wildman–Crippen MR) is 69.1 cm³/mol. The summed E-state index contributed by atoms with van der Waals surface area (Å²) in [6, 6.07) is 7.54. The first-order valence-corrected chi connectivity index (χ1v) is 6.12. The van der Waals surface area contributed by atoms with Crippen LogP contribution in [0.2, 0.25) is 0 Å². The van der Waals surface area contributed by atoms with E-state index in [1.54, 1.807) is 0 Å². The SMILES string of the molecule is Fc1c(F)c(F)c(-c2cccc3c(F)cccc23)c(F)c1F. The Morgan fingerprint density at radius 2 is 1.00 bits per heavy atom. The van der Waals surface area contributed by atoms with Crippen molar-refractivity contribution >= 4 is 10.8 Å². The van der Waals surface area contributed by atoms with Gasteiger partial charge in [-0.15, -0.1) is 0 Å². The Hall–Kier alpha value is -2.50. The van der Waals surface area contributed by atoms with Crippen LogP contribution in [0.1, 0.15) is 0 Å². The molecule has 0 saturated carbocycles. The molecule has 0 aliphatic rings. The standard InChI is InChI=1S/C16H6F6/c17-10-6-2-3-7-8(10)4-1-5-9(7)11-12(18)14(20)16(22)15(21)13(11)19/h1-6H. The summed E-state index contributed by atoms with van der Waals surface area (Å²) in [5, 5.41) is 0.0645. The zero-order chi connectivity index (χ0) is 16.0. The third kappa shape index (κ3) is 1.94. The lowest BCUT2D eigenvalue weighted by molar-refractivity contribution is 0.381. The summed E-state index contributed by atoms with van der Waals surface area (Å²) >= 11 is 0. The van der Waals surface area contributed by atoms with Gasteiger partial charge >= 0.3 is 0 Å². The molecule has 0 unspecified atom stereocenters. The summed E-state index contributed by atoms with van der Waals surface area (Å²) in [4.78, 5) is 0. The van der Waals surface area contributed by atoms with Gasteiger partial charge in [0.25, 0.3) is 0 Å². The highest BCUT2D eigenvalue weighted by molar-refractivity contribution is 5.97. The largest absolute Gasteiger partial charge is 0.206 e. The number of rotatable bonds is 1. The van der Waals surface area contributed by atoms with Gasteiger partial charge in [-0.2, -0.15) is 0 Å². The van der Waals surface area contributed by atoms with Crippen LogP contribution < -0.4 is 0 Å². The maximum atomic E-state index is 13.9. The van der Waals surface area contributed by atoms with Gasteiger partial charge in [0, 0.05) is 5.39 Å². The van der Waals surface area contributed by atoms with Crippen molar-refractivity contribution in [1.29, 1.82) is 0 Å². The molecule has 112 valence electrons. The quantitative estimate of drug-likeness (QED) is 0.323. The highest BCUT2D eigenvalue weighted by atomic mass is 19.2. The van der Waals surface area contributed by atoms with Crippen LogP contribution in [-0.4, -0.2) is 0 Å². The molecular formula is C16H6F6. The average molecular weight is 312 g/mol. The summed E-state index contributed by atoms with van der Waals surface area (Å²) < 4.78 is 81.3. The van der Waals surface area contributed by atoms with Crippen LogP contribution in [-0.2, 0) is 0 Å². The normalized spacial score (nSPS) is 11.2. The van der Waals surface area contributed by atoms with E-state index in [1.807, 2.05) is 0 Å². The monoisotopic (exact) mass is 312 g/mol. The minimum Gasteiger partial charge on any atom is -0.206 e. The number of hydrogen-bond donors (Lipinski definition) is 0. The van der Waals surface area contributed by atoms with Crippen molar-refractivity contribution in [3.05, 3.63) is 71.3 Å². The van der Waals surface area contributed by atoms with E-state index >= 15 is 0 Å². The summed E-state index contributed by atoms with van der Waals surface area (Å²) in [6.07, 6.45) is 0. The molecule has 0 radical (unpaired) electrons. The Labute approximate surface area is 120 Å². The molecule has 0 saturated heterocycles. The van der Waals surface area contributed by atoms with Crippen LogP contribution in [0.25, 0.3) is 21.9 Å². The molecule has 0 aromatic heterocycles. The van der Waals surface area contributed by atoms with E-state index in [2.05, 4.69) is 0 Å². The highest BCUT2D eigenvalue weighted by Crippen LogP contribution is 2.36. The second-order valence-electron chi connectivity index (χ2n) is 4.59. The third-order valence-electron chi connectivity index (χ3n) is 3.35. The molecule has 0 bridgehead atoms. The minimum absolute atomic E-state index is 0.0175. The van der Waals surface area contributed by atoms with Crippen molar-refractivity contribution < 1.29 is 26.3 Å². The summed E-state index contributed by atoms with van der Waals surface area (Å²) in [7, 11) is 0. The van der Waals surface area contributed by atoms with Crippen molar-refractivity contribution in [3.63, 3.8) is 0 Å². The Kier molecular flexibility index (Phi) is 3.31. The van der Waals surface area contributed by atoms with Crippen molar-refractivity contribution in [2.45, 2.75) is 0 Å². The van der Waals surface area contributed by atoms with Crippen molar-refractivity contribution in [2.75, 3.05) is 0 Å². The van der Waals surface area contributed by atoms with E-state index in [0.29, 0.717) is 0 Å². The van der Waals surface area contributed by atoms with E-state index in [9.17, 15) is 26.3 Å². The maximum Gasteiger partial charge on any atom is 0.200 e. The first-order valence-electron chi connectivity index (χ1n) is 6.12. The van der Waals surface area contributed by atoms with Crippen LogP contribution in [0.15, 0.2) is 36.4 Å². The molecule has 0 heterocycles. The lowest BCUT2D eigenvalue weighted by Crippen LogP contribution is -2.04. The number of hydrogen-bond acceptors (Lipinski definition) is 0. The third-order valence-corrected chi connectivity index (χ3v) is 3.35. The van der Waals surface area contributed by atoms with Gasteiger partial charge in [-0.3, -0.25) is 0 Å². The minimum atomic E-state index is -2.23. The van der Waals surface area contributed by atoms with Gasteiger partial charge in [0.05, 0.1) is 5.56 Å². The fourth-order valence-corrected chi connectivity index (χ4v) is 2.33. The Morgan fingerprint density at radius 3 is 1.64 bits per heavy atom. The molecule has 0 amide bonds. The van der Waals surface area contributed by atoms with Gasteiger partial charge in [0.2, 0.25) is 5.82 Å². The summed E-state index contributed by atoms with van der Waals surface area (Å²) in [5.74, 6) is -10.9. The van der Waals surface area contributed by atoms with Crippen molar-refractivity contribution in [2.24, 2.45) is 0 Å². The number of benzene rings is 3. The van der Waals surface area contributed by atoms with Gasteiger partial charge in [0.1, 0.15) is 5.82 Å². The molecule has 22 heavy (non-hydrogen) atoms. The van der Waals surface area contributed by atoms with E-state index in [1.165, 1.54) is 30.3 Å². The molecule has 0 atom stereocenters. The van der Waals surface area contributed by atoms with Crippen LogP contribution in [0.5, 0.6) is 0 Å². The zero-order valence-electron chi connectivity index (χ0n) is 10.7. The maximum absolute atomic E-state index is 13.9. The smallest absolute Gasteiger partial charge is 0.200 e. The molecular weight excluding hydrogens is 306 g/mol. The Morgan fingerprint density at radius 1 is 0.500 bits per heavy atom. The lowest BCUT2D eigenvalue weighted by atomic mass is 9.96. The summed E-state index contributed by atoms with van der Waals surface area (Å²) in [6.45, 7) is 0. The van der Waals surface area contributed by atoms with Crippen LogP contribution in [0, 0.1) is 34.9 Å². The van der Waals surface area contributed by atoms with Gasteiger partial charge in [-0.25, -0.2) is 26.3 Å². The summed E-state index contributed by atoms with van der Waals surface area (Å²) in [5.41, 5.74) is -1.35. The molecule has 0 fully saturated rings. The molecule has 0 aliphatic carbocycles. The van der Waals surface area contributed by atoms with Gasteiger partial charge in [-0.05, 0) is 17.0 Å². The molecule has 3 aromatic rings. The first kappa shape index (κ1) is 14.4. The molecule has 0 nitrogen and oxygen atoms in total. The average Bonchev–Trinajstić information content (AvgIpc) is 2.52. The van der Waals surface area contributed by atoms with E-state index < -0.39 is 40.5 Å². The molecule has 0 aliphatic heterocycles. The highest BCUT2D eigenvalue weighted by Gasteiger charge is 2.27. The lowest BCUT2D eigenvalue weighted by Gasteiger charge is -2.11. The second-order valence-corrected chi connectivity index (χ2v) is 4.59. The molecule has 0 spiro atoms. The topological polar surface area (TPSA) is 0 Å². The van der Waals surface area contributed by atoms with Gasteiger partial charge in [0.15, 0.2) is 23.3 Å². The van der Waals surface area contributed by atoms with Gasteiger partial charge in [-0.1, -0.05) is 30.3 Å². The van der Waals surface area contributed by atoms with Crippen LogP contribution in [0.4, 0.5) is 26.3 Å². The first-order chi connectivity index (χ1) is 10.4. The van der Waals surface area contributed by atoms with Crippen molar-refractivity contribution in [1.82, 2.24) is 0 Å². The molecule has 0 N–H and O–H groups in total. The second kappa shape index (κ2) is 5.05. The van der Waals surface area contributed by atoms with Crippen molar-refractivity contribution in [3.8, 4) is 11.1 Å². The van der Waals surface area contributed by atoms with Gasteiger partial charge < -0.3 is 0 Å². The number of fused-ring (bicyclic) bond motifs is 1. The van der Waals surface area contributed by atoms with Crippen LogP contribution >= 0.6 is 0 Å². The van der Waals surface area contributed by atoms with E-state index in [0.717, 1.165) is 6.07 Å². The molecule has 3 rings (SSSR count). The number of halogens is 6. The van der Waals surface area contributed by atoms with Crippen LogP contribution in [0.3, 0.4) is 0 Å². The Balaban J connectivity index is 2.46. The fourth-order valence-electron chi connectivity index (χ4n) is 2.33. The molecule has 6 heteroatoms. The predicted octanol–water partition coefficient (Wildman–Crippen LogP) is 5.34.